The molecule has 20 heavy (non-hydrogen) atoms. The van der Waals surface area contributed by atoms with Gasteiger partial charge in [0.25, 0.3) is 0 Å². The van der Waals surface area contributed by atoms with Gasteiger partial charge in [-0.1, -0.05) is 13.8 Å². The monoisotopic (exact) mass is 275 g/mol. The van der Waals surface area contributed by atoms with E-state index in [9.17, 15) is 0 Å². The Morgan fingerprint density at radius 1 is 1.25 bits per heavy atom. The third-order valence-electron chi connectivity index (χ3n) is 3.20. The van der Waals surface area contributed by atoms with Gasteiger partial charge in [0.1, 0.15) is 17.5 Å². The van der Waals surface area contributed by atoms with Gasteiger partial charge in [-0.2, -0.15) is 5.26 Å². The Bertz CT molecular complexity index is 464. The lowest BCUT2D eigenvalue weighted by atomic mass is 10.2. The van der Waals surface area contributed by atoms with E-state index in [1.807, 2.05) is 6.92 Å². The molecule has 0 spiro atoms. The maximum Gasteiger partial charge on any atom is 0.137 e. The molecule has 0 atom stereocenters. The highest BCUT2D eigenvalue weighted by Gasteiger charge is 2.14. The van der Waals surface area contributed by atoms with E-state index in [-0.39, 0.29) is 0 Å². The molecule has 0 bridgehead atoms. The van der Waals surface area contributed by atoms with Gasteiger partial charge in [-0.15, -0.1) is 0 Å². The van der Waals surface area contributed by atoms with Crippen molar-refractivity contribution in [3.05, 3.63) is 11.4 Å². The van der Waals surface area contributed by atoms with Crippen LogP contribution in [0.5, 0.6) is 0 Å². The summed E-state index contributed by atoms with van der Waals surface area (Å²) in [5, 5.41) is 12.1. The van der Waals surface area contributed by atoms with E-state index >= 15 is 0 Å². The summed E-state index contributed by atoms with van der Waals surface area (Å²) in [5.74, 6) is 2.72. The van der Waals surface area contributed by atoms with E-state index in [1.54, 1.807) is 0 Å². The molecule has 0 amide bonds. The van der Waals surface area contributed by atoms with Crippen LogP contribution in [0.2, 0.25) is 0 Å². The second-order valence-corrected chi connectivity index (χ2v) is 4.71. The van der Waals surface area contributed by atoms with E-state index < -0.39 is 0 Å². The lowest BCUT2D eigenvalue weighted by Crippen LogP contribution is -2.27. The molecule has 1 aromatic rings. The first-order valence-electron chi connectivity index (χ1n) is 7.41. The first kappa shape index (κ1) is 16.2. The summed E-state index contributed by atoms with van der Waals surface area (Å²) in [6.07, 6.45) is 2.38. The van der Waals surface area contributed by atoms with E-state index in [1.165, 1.54) is 0 Å². The fourth-order valence-electron chi connectivity index (χ4n) is 2.03. The van der Waals surface area contributed by atoms with E-state index in [2.05, 4.69) is 47.0 Å². The minimum atomic E-state index is 0.510. The van der Waals surface area contributed by atoms with E-state index in [4.69, 9.17) is 5.26 Å². The number of rotatable bonds is 8. The van der Waals surface area contributed by atoms with Crippen LogP contribution < -0.4 is 10.2 Å². The molecular formula is C15H25N5. The minimum absolute atomic E-state index is 0.510. The number of anilines is 2. The first-order valence-corrected chi connectivity index (χ1v) is 7.41. The molecule has 1 heterocycles. The Morgan fingerprint density at radius 3 is 2.55 bits per heavy atom. The van der Waals surface area contributed by atoms with E-state index in [0.29, 0.717) is 13.0 Å². The van der Waals surface area contributed by atoms with Crippen LogP contribution in [0.3, 0.4) is 0 Å². The zero-order chi connectivity index (χ0) is 15.0. The Labute approximate surface area is 122 Å². The molecular weight excluding hydrogens is 250 g/mol. The van der Waals surface area contributed by atoms with Gasteiger partial charge in [0, 0.05) is 31.6 Å². The molecule has 0 fully saturated rings. The van der Waals surface area contributed by atoms with Gasteiger partial charge in [0.05, 0.1) is 12.5 Å². The predicted molar refractivity (Wildman–Crippen MR) is 83.0 cm³/mol. The Balaban J connectivity index is 3.12. The number of aromatic nitrogens is 2. The Hall–Kier alpha value is -1.83. The zero-order valence-electron chi connectivity index (χ0n) is 13.0. The smallest absolute Gasteiger partial charge is 0.137 e. The van der Waals surface area contributed by atoms with Crippen LogP contribution in [0.25, 0.3) is 0 Å². The molecule has 0 saturated carbocycles. The van der Waals surface area contributed by atoms with Crippen LogP contribution in [0.15, 0.2) is 0 Å². The average Bonchev–Trinajstić information content (AvgIpc) is 2.48. The van der Waals surface area contributed by atoms with Crippen LogP contribution in [0.1, 0.15) is 45.0 Å². The van der Waals surface area contributed by atoms with Gasteiger partial charge in [0.2, 0.25) is 0 Å². The molecule has 1 N–H and O–H groups in total. The van der Waals surface area contributed by atoms with Crippen molar-refractivity contribution in [1.29, 1.82) is 5.26 Å². The summed E-state index contributed by atoms with van der Waals surface area (Å²) in [7, 11) is 0. The topological polar surface area (TPSA) is 64.8 Å². The van der Waals surface area contributed by atoms with Crippen molar-refractivity contribution in [1.82, 2.24) is 9.97 Å². The Morgan fingerprint density at radius 2 is 2.00 bits per heavy atom. The second-order valence-electron chi connectivity index (χ2n) is 4.71. The van der Waals surface area contributed by atoms with E-state index in [0.717, 1.165) is 49.0 Å². The summed E-state index contributed by atoms with van der Waals surface area (Å²) in [5.41, 5.74) is 1.07. The molecule has 5 nitrogen and oxygen atoms in total. The lowest BCUT2D eigenvalue weighted by molar-refractivity contribution is 0.788. The van der Waals surface area contributed by atoms with Gasteiger partial charge in [-0.25, -0.2) is 9.97 Å². The number of aryl methyl sites for hydroxylation is 1. The Kier molecular flexibility index (Phi) is 6.78. The standard InChI is InChI=1S/C15H25N5/c1-5-10-17-14-12(4)15(19-13(6-2)18-14)20(7-3)11-8-9-16/h5-8,10-11H2,1-4H3,(H,17,18,19). The maximum atomic E-state index is 8.78. The molecule has 0 aliphatic heterocycles. The number of hydrogen-bond donors (Lipinski definition) is 1. The number of nitrogens with one attached hydrogen (secondary N) is 1. The molecule has 5 heteroatoms. The molecule has 0 radical (unpaired) electrons. The highest BCUT2D eigenvalue weighted by Crippen LogP contribution is 2.24. The van der Waals surface area contributed by atoms with Crippen LogP contribution in [-0.4, -0.2) is 29.6 Å². The third-order valence-corrected chi connectivity index (χ3v) is 3.20. The third kappa shape index (κ3) is 4.09. The fourth-order valence-corrected chi connectivity index (χ4v) is 2.03. The molecule has 0 saturated heterocycles. The fraction of sp³-hybridized carbons (Fsp3) is 0.667. The maximum absolute atomic E-state index is 8.78. The summed E-state index contributed by atoms with van der Waals surface area (Å²) in [6.45, 7) is 10.8. The van der Waals surface area contributed by atoms with Gasteiger partial charge >= 0.3 is 0 Å². The number of hydrogen-bond acceptors (Lipinski definition) is 5. The molecule has 1 rings (SSSR count). The van der Waals surface area contributed by atoms with Crippen LogP contribution in [0, 0.1) is 18.3 Å². The highest BCUT2D eigenvalue weighted by molar-refractivity contribution is 5.58. The van der Waals surface area contributed by atoms with Crippen LogP contribution in [-0.2, 0) is 6.42 Å². The van der Waals surface area contributed by atoms with Crippen molar-refractivity contribution in [2.45, 2.75) is 47.0 Å². The normalized spacial score (nSPS) is 10.2. The molecule has 1 aromatic heterocycles. The molecule has 0 aliphatic carbocycles. The SMILES string of the molecule is CCCNc1nc(CC)nc(N(CC)CCC#N)c1C. The van der Waals surface area contributed by atoms with Crippen LogP contribution >= 0.6 is 0 Å². The van der Waals surface area contributed by atoms with Crippen molar-refractivity contribution in [3.8, 4) is 6.07 Å². The summed E-state index contributed by atoms with van der Waals surface area (Å²) in [4.78, 5) is 11.4. The van der Waals surface area contributed by atoms with Gasteiger partial charge in [-0.05, 0) is 20.3 Å². The molecule has 0 aromatic carbocycles. The van der Waals surface area contributed by atoms with Crippen molar-refractivity contribution in [3.63, 3.8) is 0 Å². The number of nitrogens with zero attached hydrogens (tertiary/aromatic N) is 4. The first-order chi connectivity index (χ1) is 9.67. The second kappa shape index (κ2) is 8.36. The van der Waals surface area contributed by atoms with Gasteiger partial charge in [0.15, 0.2) is 0 Å². The summed E-state index contributed by atoms with van der Waals surface area (Å²) < 4.78 is 0. The van der Waals surface area contributed by atoms with Gasteiger partial charge < -0.3 is 10.2 Å². The number of nitriles is 1. The highest BCUT2D eigenvalue weighted by atomic mass is 15.2. The molecule has 0 unspecified atom stereocenters. The average molecular weight is 275 g/mol. The largest absolute Gasteiger partial charge is 0.370 e. The van der Waals surface area contributed by atoms with Crippen molar-refractivity contribution in [2.75, 3.05) is 29.9 Å². The van der Waals surface area contributed by atoms with Crippen molar-refractivity contribution in [2.24, 2.45) is 0 Å². The summed E-state index contributed by atoms with van der Waals surface area (Å²) >= 11 is 0. The van der Waals surface area contributed by atoms with Crippen molar-refractivity contribution < 1.29 is 0 Å². The molecule has 110 valence electrons. The predicted octanol–water partition coefficient (Wildman–Crippen LogP) is 2.91. The lowest BCUT2D eigenvalue weighted by Gasteiger charge is -2.24. The molecule has 0 aliphatic rings. The quantitative estimate of drug-likeness (QED) is 0.790. The summed E-state index contributed by atoms with van der Waals surface area (Å²) in [6, 6.07) is 2.20. The van der Waals surface area contributed by atoms with Crippen LogP contribution in [0.4, 0.5) is 11.6 Å². The van der Waals surface area contributed by atoms with Crippen molar-refractivity contribution >= 4 is 11.6 Å². The minimum Gasteiger partial charge on any atom is -0.370 e. The van der Waals surface area contributed by atoms with Gasteiger partial charge in [-0.3, -0.25) is 0 Å². The zero-order valence-corrected chi connectivity index (χ0v) is 13.0.